The summed E-state index contributed by atoms with van der Waals surface area (Å²) in [5.41, 5.74) is -4.71. The minimum Gasteiger partial charge on any atom is -0.509 e. The van der Waals surface area contributed by atoms with Crippen molar-refractivity contribution in [3.63, 3.8) is 0 Å². The first-order valence-corrected chi connectivity index (χ1v) is 22.4. The average molecular weight is 1010 g/mol. The highest BCUT2D eigenvalue weighted by Gasteiger charge is 2.35. The molecule has 0 aliphatic rings. The second-order valence-electron chi connectivity index (χ2n) is 16.9. The molecule has 0 atom stereocenters. The number of thiophene rings is 1. The number of hydrogen-bond donors (Lipinski definition) is 15. The van der Waals surface area contributed by atoms with Gasteiger partial charge in [0.25, 0.3) is 0 Å². The zero-order valence-corrected chi connectivity index (χ0v) is 38.7. The van der Waals surface area contributed by atoms with E-state index in [1.54, 1.807) is 24.3 Å². The van der Waals surface area contributed by atoms with Crippen LogP contribution in [0.4, 0.5) is 0 Å². The fourth-order valence-corrected chi connectivity index (χ4v) is 10.3. The van der Waals surface area contributed by atoms with Crippen LogP contribution in [0.5, 0.6) is 86.2 Å². The van der Waals surface area contributed by atoms with Crippen molar-refractivity contribution in [2.24, 2.45) is 0 Å². The zero-order valence-electron chi connectivity index (χ0n) is 37.9. The predicted octanol–water partition coefficient (Wildman–Crippen LogP) is 3.46. The number of benzene rings is 8. The Balaban J connectivity index is 1.28. The Labute approximate surface area is 431 Å². The van der Waals surface area contributed by atoms with Crippen molar-refractivity contribution in [2.45, 2.75) is 0 Å². The molecule has 24 heteroatoms. The molecule has 2 aromatic heterocycles. The molecule has 0 amide bonds. The molecule has 0 aliphatic heterocycles. The number of hydrogen-bond acceptors (Lipinski definition) is 19. The minimum absolute atomic E-state index is 0.0335. The summed E-state index contributed by atoms with van der Waals surface area (Å²) in [7, 11) is 31.4. The van der Waals surface area contributed by atoms with Gasteiger partial charge in [0, 0.05) is 26.6 Å². The van der Waals surface area contributed by atoms with Gasteiger partial charge in [0.15, 0.2) is 52.0 Å². The lowest BCUT2D eigenvalue weighted by molar-refractivity contribution is 0.329. The summed E-state index contributed by atoms with van der Waals surface area (Å²) >= 11 is 0.769. The molecule has 8 aromatic carbocycles. The molecule has 10 radical (unpaired) electrons. The van der Waals surface area contributed by atoms with Crippen molar-refractivity contribution in [1.82, 2.24) is 15.0 Å². The van der Waals surface area contributed by atoms with E-state index < -0.39 is 159 Å². The average Bonchev–Trinajstić information content (AvgIpc) is 3.80. The van der Waals surface area contributed by atoms with Crippen molar-refractivity contribution in [3.05, 3.63) is 78.9 Å². The Morgan fingerprint density at radius 2 is 0.667 bits per heavy atom. The lowest BCUT2D eigenvalue weighted by Gasteiger charge is -2.20. The van der Waals surface area contributed by atoms with E-state index in [1.807, 2.05) is 54.6 Å². The third kappa shape index (κ3) is 7.19. The second-order valence-corrected chi connectivity index (χ2v) is 17.9. The van der Waals surface area contributed by atoms with Gasteiger partial charge >= 0.3 is 0 Å². The van der Waals surface area contributed by atoms with Crippen molar-refractivity contribution in [3.8, 4) is 165 Å². The lowest BCUT2D eigenvalue weighted by Crippen LogP contribution is -2.20. The number of nitrogens with zero attached hydrogens (tertiary/aromatic N) is 3. The fraction of sp³-hybridized carbons (Fsp3) is 0. The Morgan fingerprint density at radius 3 is 1.28 bits per heavy atom. The monoisotopic (exact) mass is 1010 g/mol. The number of fused-ring (bicyclic) bond motifs is 3. The molecule has 2 heterocycles. The van der Waals surface area contributed by atoms with E-state index in [2.05, 4.69) is 15.0 Å². The first-order chi connectivity index (χ1) is 35.6. The number of phenolic OH excluding ortho intramolecular Hbond substituents is 15. The zero-order chi connectivity index (χ0) is 54.0. The van der Waals surface area contributed by atoms with E-state index in [-0.39, 0.29) is 25.7 Å². The van der Waals surface area contributed by atoms with E-state index >= 15 is 0 Å². The summed E-state index contributed by atoms with van der Waals surface area (Å²) in [6.45, 7) is 0. The number of rotatable bonds is 7. The van der Waals surface area contributed by atoms with Crippen LogP contribution in [0.2, 0.25) is 0 Å². The normalized spacial score (nSPS) is 11.5. The molecule has 0 bridgehead atoms. The Hall–Kier alpha value is -9.69. The molecular formula is C51H28B5N3O15S. The van der Waals surface area contributed by atoms with Crippen molar-refractivity contribution < 1.29 is 76.6 Å². The Kier molecular flexibility index (Phi) is 11.4. The van der Waals surface area contributed by atoms with Crippen LogP contribution in [-0.4, -0.2) is 131 Å². The van der Waals surface area contributed by atoms with Gasteiger partial charge in [0.1, 0.15) is 73.5 Å². The molecular weight excluding hydrogens is 981 g/mol. The van der Waals surface area contributed by atoms with Crippen molar-refractivity contribution in [2.75, 3.05) is 0 Å². The van der Waals surface area contributed by atoms with Crippen LogP contribution < -0.4 is 27.3 Å². The number of phenols is 15. The quantitative estimate of drug-likeness (QED) is 0.0617. The SMILES string of the molecule is [B]c1c(O)c(O)c([B])c(-c2nc(-c3c(O)c([B])c(O)c(-c4c(O)c(O)c(O)c(O)c4O)c3O)nc(-c3c([B])c(O)c([B])c4c3sc3c(-c5cccc(-c6ccc(-c7ccccc7)cc6)c5)c(O)c(O)c(O)c34)n2)c1O. The molecule has 0 fully saturated rings. The maximum atomic E-state index is 12.0. The maximum absolute atomic E-state index is 12.0. The molecule has 75 heavy (non-hydrogen) atoms. The standard InChI is InChI=1S/C51H28B5N3O15S/c52-27-20-23-39(67)43(71)36(64)19(18-8-4-7-17(13-18)16-11-9-15(10-12-16)14-5-2-1-3-6-14)47(23)75-48(20)25(29(54)40(27)68)50-57-49(24-28(53)41(69)42(70)31(56)34(24)62)58-51(59-50)26-32(60)21(33(61)30(55)35(26)63)22-37(65)44(72)46(74)45(73)38(22)66/h1-13,60-74H. The molecule has 0 unspecified atom stereocenters. The van der Waals surface area contributed by atoms with Crippen LogP contribution in [0.25, 0.3) is 98.8 Å². The largest absolute Gasteiger partial charge is 0.509 e. The topological polar surface area (TPSA) is 342 Å². The van der Waals surface area contributed by atoms with Gasteiger partial charge in [-0.15, -0.1) is 11.3 Å². The van der Waals surface area contributed by atoms with Gasteiger partial charge in [-0.25, -0.2) is 15.0 Å². The second kappa shape index (κ2) is 17.5. The molecule has 358 valence electrons. The van der Waals surface area contributed by atoms with E-state index in [0.717, 1.165) is 28.0 Å². The smallest absolute Gasteiger partial charge is 0.208 e. The van der Waals surface area contributed by atoms with Crippen molar-refractivity contribution in [1.29, 1.82) is 0 Å². The van der Waals surface area contributed by atoms with Crippen molar-refractivity contribution >= 4 is 98.1 Å². The molecule has 0 saturated heterocycles. The molecule has 0 spiro atoms. The van der Waals surface area contributed by atoms with E-state index in [0.29, 0.717) is 11.1 Å². The van der Waals surface area contributed by atoms with Crippen LogP contribution in [0.1, 0.15) is 0 Å². The third-order valence-corrected chi connectivity index (χ3v) is 13.9. The van der Waals surface area contributed by atoms with Gasteiger partial charge in [-0.1, -0.05) is 72.8 Å². The highest BCUT2D eigenvalue weighted by molar-refractivity contribution is 7.27. The first kappa shape index (κ1) is 48.9. The maximum Gasteiger partial charge on any atom is 0.208 e. The van der Waals surface area contributed by atoms with Crippen LogP contribution in [0.15, 0.2) is 78.9 Å². The van der Waals surface area contributed by atoms with E-state index in [4.69, 9.17) is 39.2 Å². The predicted molar refractivity (Wildman–Crippen MR) is 283 cm³/mol. The molecule has 0 saturated carbocycles. The molecule has 10 aromatic rings. The third-order valence-electron chi connectivity index (χ3n) is 12.7. The summed E-state index contributed by atoms with van der Waals surface area (Å²) in [5.74, 6) is -20.5. The van der Waals surface area contributed by atoms with Crippen LogP contribution in [0.3, 0.4) is 0 Å². The van der Waals surface area contributed by atoms with Crippen LogP contribution in [0, 0.1) is 0 Å². The van der Waals surface area contributed by atoms with Gasteiger partial charge in [0.2, 0.25) is 23.0 Å². The first-order valence-electron chi connectivity index (χ1n) is 21.6. The van der Waals surface area contributed by atoms with Gasteiger partial charge in [-0.05, 0) is 61.2 Å². The molecule has 0 aliphatic carbocycles. The summed E-state index contributed by atoms with van der Waals surface area (Å²) in [4.78, 5) is 13.1. The van der Waals surface area contributed by atoms with Gasteiger partial charge in [-0.2, -0.15) is 0 Å². The van der Waals surface area contributed by atoms with Crippen LogP contribution in [-0.2, 0) is 0 Å². The van der Waals surface area contributed by atoms with Gasteiger partial charge in [-0.3, -0.25) is 0 Å². The highest BCUT2D eigenvalue weighted by Crippen LogP contribution is 2.60. The fourth-order valence-electron chi connectivity index (χ4n) is 8.84. The van der Waals surface area contributed by atoms with Crippen LogP contribution >= 0.6 is 11.3 Å². The van der Waals surface area contributed by atoms with Gasteiger partial charge in [0.05, 0.1) is 21.4 Å². The summed E-state index contributed by atoms with van der Waals surface area (Å²) < 4.78 is -0.0733. The molecule has 15 N–H and O–H groups in total. The Morgan fingerprint density at radius 1 is 0.267 bits per heavy atom. The van der Waals surface area contributed by atoms with E-state index in [9.17, 15) is 76.6 Å². The Bertz CT molecular complexity index is 4090. The highest BCUT2D eigenvalue weighted by atomic mass is 32.1. The summed E-state index contributed by atoms with van der Waals surface area (Å²) in [6.07, 6.45) is 0. The molecule has 10 rings (SSSR count). The summed E-state index contributed by atoms with van der Waals surface area (Å²) in [6, 6.07) is 24.1. The van der Waals surface area contributed by atoms with E-state index in [1.165, 1.54) is 0 Å². The minimum atomic E-state index is -1.46. The number of aromatic nitrogens is 3. The molecule has 18 nitrogen and oxygen atoms in total. The number of aromatic hydroxyl groups is 15. The lowest BCUT2D eigenvalue weighted by atomic mass is 9.79. The van der Waals surface area contributed by atoms with Gasteiger partial charge < -0.3 is 76.6 Å². The summed E-state index contributed by atoms with van der Waals surface area (Å²) in [5, 5.41) is 166.